The lowest BCUT2D eigenvalue weighted by Crippen LogP contribution is -2.63. The van der Waals surface area contributed by atoms with Crippen molar-refractivity contribution in [2.75, 3.05) is 13.4 Å². The van der Waals surface area contributed by atoms with Gasteiger partial charge in [0.05, 0.1) is 10.9 Å². The van der Waals surface area contributed by atoms with Crippen LogP contribution >= 0.6 is 0 Å². The molecule has 0 amide bonds. The molecule has 0 unspecified atom stereocenters. The number of fused-ring (bicyclic) bond motifs is 2. The minimum absolute atomic E-state index is 0.0896. The van der Waals surface area contributed by atoms with E-state index in [1.165, 1.54) is 13.0 Å². The van der Waals surface area contributed by atoms with E-state index in [1.54, 1.807) is 31.2 Å². The largest absolute Gasteiger partial charge is 0.463 e. The number of aryl methyl sites for hydroxylation is 2. The molecule has 0 radical (unpaired) electrons. The summed E-state index contributed by atoms with van der Waals surface area (Å²) in [5, 5.41) is 0.286. The van der Waals surface area contributed by atoms with Gasteiger partial charge in [0.2, 0.25) is 24.6 Å². The zero-order chi connectivity index (χ0) is 34.0. The van der Waals surface area contributed by atoms with Gasteiger partial charge in [-0.2, -0.15) is 0 Å². The van der Waals surface area contributed by atoms with Crippen molar-refractivity contribution in [3.8, 4) is 28.4 Å². The molecule has 3 aromatic rings. The molecule has 1 aromatic heterocycles. The molecule has 2 aliphatic rings. The highest BCUT2D eigenvalue weighted by Crippen LogP contribution is 2.38. The minimum Gasteiger partial charge on any atom is -0.463 e. The number of benzene rings is 2. The van der Waals surface area contributed by atoms with Gasteiger partial charge in [-0.25, -0.2) is 0 Å². The van der Waals surface area contributed by atoms with Gasteiger partial charge < -0.3 is 42.3 Å². The Labute approximate surface area is 268 Å². The number of hydrogen-bond acceptors (Lipinski definition) is 14. The summed E-state index contributed by atoms with van der Waals surface area (Å²) in [6.07, 6.45) is -6.44. The lowest BCUT2D eigenvalue weighted by Gasteiger charge is -2.44. The van der Waals surface area contributed by atoms with Gasteiger partial charge >= 0.3 is 23.9 Å². The molecule has 0 aliphatic carbocycles. The van der Waals surface area contributed by atoms with Crippen LogP contribution in [-0.4, -0.2) is 68.0 Å². The van der Waals surface area contributed by atoms with Crippen molar-refractivity contribution in [2.24, 2.45) is 0 Å². The molecule has 5 atom stereocenters. The maximum absolute atomic E-state index is 13.8. The molecule has 0 bridgehead atoms. The second-order valence-corrected chi connectivity index (χ2v) is 10.9. The Balaban J connectivity index is 1.56. The van der Waals surface area contributed by atoms with Crippen LogP contribution in [0.2, 0.25) is 0 Å². The van der Waals surface area contributed by atoms with Crippen LogP contribution in [0.25, 0.3) is 22.1 Å². The number of carbonyl (C=O) groups is 4. The Hall–Kier alpha value is -5.11. The van der Waals surface area contributed by atoms with Crippen LogP contribution in [0.3, 0.4) is 0 Å². The minimum atomic E-state index is -1.46. The third-order valence-corrected chi connectivity index (χ3v) is 7.48. The van der Waals surface area contributed by atoms with Gasteiger partial charge in [-0.05, 0) is 42.7 Å². The first-order valence-corrected chi connectivity index (χ1v) is 14.8. The molecule has 0 N–H and O–H groups in total. The second-order valence-electron chi connectivity index (χ2n) is 10.9. The van der Waals surface area contributed by atoms with Gasteiger partial charge in [-0.3, -0.25) is 24.0 Å². The van der Waals surface area contributed by atoms with Crippen molar-refractivity contribution in [3.63, 3.8) is 0 Å². The fourth-order valence-corrected chi connectivity index (χ4v) is 5.56. The van der Waals surface area contributed by atoms with Gasteiger partial charge in [-0.15, -0.1) is 0 Å². The molecular weight excluding hydrogens is 620 g/mol. The monoisotopic (exact) mass is 654 g/mol. The number of ether oxygens (including phenoxy) is 8. The van der Waals surface area contributed by atoms with Crippen molar-refractivity contribution in [1.82, 2.24) is 0 Å². The summed E-state index contributed by atoms with van der Waals surface area (Å²) >= 11 is 0. The standard InChI is InChI=1S/C33H34O14/c1-7-20-10-22-25(42-15(2)28(29(22)38)21-8-9-23-26(11-21)41-14-40-23)12-24(20)46-33-32(45-19(6)37)31(44-18(5)36)30(43-17(4)35)27(47-33)13-39-16(3)34/h8-12,27,30-33H,7,13-14H2,1-6H3/t27-,30+,31-,32-,33-/m0/s1. The van der Waals surface area contributed by atoms with Gasteiger partial charge in [0.15, 0.2) is 23.7 Å². The Morgan fingerprint density at radius 1 is 0.830 bits per heavy atom. The molecule has 250 valence electrons. The molecular formula is C33H34O14. The second kappa shape index (κ2) is 13.7. The average Bonchev–Trinajstić information content (AvgIpc) is 3.46. The SMILES string of the molecule is CCc1cc2c(=O)c(-c3ccc4c(c3)OCO4)c(C)oc2cc1O[C@H]1O[C@@H](COC(C)=O)[C@@H](OC(C)=O)[C@H](OC(C)=O)[C@@H]1OC(C)=O. The van der Waals surface area contributed by atoms with Crippen LogP contribution in [-0.2, 0) is 49.3 Å². The van der Waals surface area contributed by atoms with Crippen molar-refractivity contribution < 1.29 is 61.5 Å². The van der Waals surface area contributed by atoms with E-state index in [1.807, 2.05) is 6.92 Å². The first-order valence-electron chi connectivity index (χ1n) is 14.8. The summed E-state index contributed by atoms with van der Waals surface area (Å²) in [6, 6.07) is 8.35. The lowest BCUT2D eigenvalue weighted by atomic mass is 9.97. The summed E-state index contributed by atoms with van der Waals surface area (Å²) in [4.78, 5) is 62.0. The fourth-order valence-electron chi connectivity index (χ4n) is 5.56. The lowest BCUT2D eigenvalue weighted by molar-refractivity contribution is -0.288. The number of hydrogen-bond donors (Lipinski definition) is 0. The molecule has 0 saturated carbocycles. The van der Waals surface area contributed by atoms with Crippen molar-refractivity contribution in [2.45, 2.75) is 78.7 Å². The van der Waals surface area contributed by atoms with E-state index < -0.39 is 61.2 Å². The summed E-state index contributed by atoms with van der Waals surface area (Å²) in [7, 11) is 0. The molecule has 47 heavy (non-hydrogen) atoms. The van der Waals surface area contributed by atoms with Gasteiger partial charge in [0, 0.05) is 33.8 Å². The van der Waals surface area contributed by atoms with E-state index in [0.717, 1.165) is 20.8 Å². The van der Waals surface area contributed by atoms with Crippen LogP contribution in [0.4, 0.5) is 0 Å². The van der Waals surface area contributed by atoms with E-state index in [-0.39, 0.29) is 28.9 Å². The van der Waals surface area contributed by atoms with E-state index >= 15 is 0 Å². The van der Waals surface area contributed by atoms with Crippen LogP contribution in [0.15, 0.2) is 39.5 Å². The zero-order valence-corrected chi connectivity index (χ0v) is 26.6. The summed E-state index contributed by atoms with van der Waals surface area (Å²) < 4.78 is 50.9. The Morgan fingerprint density at radius 3 is 2.15 bits per heavy atom. The molecule has 2 aliphatic heterocycles. The molecule has 3 heterocycles. The highest BCUT2D eigenvalue weighted by Gasteiger charge is 2.53. The molecule has 0 spiro atoms. The molecule has 1 saturated heterocycles. The van der Waals surface area contributed by atoms with Gasteiger partial charge in [0.1, 0.15) is 29.8 Å². The number of rotatable bonds is 9. The normalized spacial score (nSPS) is 21.5. The van der Waals surface area contributed by atoms with Crippen molar-refractivity contribution >= 4 is 34.8 Å². The van der Waals surface area contributed by atoms with E-state index in [9.17, 15) is 24.0 Å². The number of carbonyl (C=O) groups excluding carboxylic acids is 4. The quantitative estimate of drug-likeness (QED) is 0.242. The fraction of sp³-hybridized carbons (Fsp3) is 0.424. The first kappa shape index (κ1) is 33.3. The first-order chi connectivity index (χ1) is 22.4. The number of esters is 4. The third kappa shape index (κ3) is 7.17. The molecule has 14 heteroatoms. The Bertz CT molecular complexity index is 1780. The summed E-state index contributed by atoms with van der Waals surface area (Å²) in [5.41, 5.74) is 1.44. The maximum Gasteiger partial charge on any atom is 0.303 e. The average molecular weight is 655 g/mol. The molecule has 2 aromatic carbocycles. The smallest absolute Gasteiger partial charge is 0.303 e. The Kier molecular flexibility index (Phi) is 9.70. The van der Waals surface area contributed by atoms with Crippen molar-refractivity contribution in [1.29, 1.82) is 0 Å². The van der Waals surface area contributed by atoms with Gasteiger partial charge in [-0.1, -0.05) is 13.0 Å². The van der Waals surface area contributed by atoms with E-state index in [2.05, 4.69) is 0 Å². The van der Waals surface area contributed by atoms with E-state index in [4.69, 9.17) is 42.3 Å². The third-order valence-electron chi connectivity index (χ3n) is 7.48. The van der Waals surface area contributed by atoms with Crippen LogP contribution in [0.5, 0.6) is 17.2 Å². The topological polar surface area (TPSA) is 172 Å². The van der Waals surface area contributed by atoms with E-state index in [0.29, 0.717) is 40.4 Å². The van der Waals surface area contributed by atoms with Gasteiger partial charge in [0.25, 0.3) is 0 Å². The van der Waals surface area contributed by atoms with Crippen LogP contribution in [0.1, 0.15) is 45.9 Å². The van der Waals surface area contributed by atoms with Crippen LogP contribution < -0.4 is 19.6 Å². The zero-order valence-electron chi connectivity index (χ0n) is 26.6. The van der Waals surface area contributed by atoms with Crippen LogP contribution in [0, 0.1) is 6.92 Å². The molecule has 14 nitrogen and oxygen atoms in total. The summed E-state index contributed by atoms with van der Waals surface area (Å²) in [6.45, 7) is 7.76. The highest BCUT2D eigenvalue weighted by atomic mass is 16.7. The molecule has 1 fully saturated rings. The highest BCUT2D eigenvalue weighted by molar-refractivity contribution is 5.85. The predicted molar refractivity (Wildman–Crippen MR) is 161 cm³/mol. The van der Waals surface area contributed by atoms with Crippen molar-refractivity contribution in [3.05, 3.63) is 51.9 Å². The predicted octanol–water partition coefficient (Wildman–Crippen LogP) is 3.52. The maximum atomic E-state index is 13.8. The Morgan fingerprint density at radius 2 is 1.49 bits per heavy atom. The molecule has 5 rings (SSSR count). The summed E-state index contributed by atoms with van der Waals surface area (Å²) in [5.74, 6) is -1.30.